The first-order valence-electron chi connectivity index (χ1n) is 6.30. The van der Waals surface area contributed by atoms with E-state index in [1.165, 1.54) is 0 Å². The fraction of sp³-hybridized carbons (Fsp3) is 0.364. The van der Waals surface area contributed by atoms with Crippen molar-refractivity contribution in [1.29, 1.82) is 0 Å². The van der Waals surface area contributed by atoms with Gasteiger partial charge in [-0.2, -0.15) is 5.10 Å². The molecule has 0 bridgehead atoms. The zero-order valence-electron chi connectivity index (χ0n) is 10.9. The van der Waals surface area contributed by atoms with Crippen molar-refractivity contribution in [3.05, 3.63) is 22.8 Å². The number of hydrogen-bond donors (Lipinski definition) is 0. The van der Waals surface area contributed by atoms with Gasteiger partial charge in [0.1, 0.15) is 5.52 Å². The fourth-order valence-corrected chi connectivity index (χ4v) is 2.18. The summed E-state index contributed by atoms with van der Waals surface area (Å²) in [7, 11) is -2.46. The van der Waals surface area contributed by atoms with E-state index in [-0.39, 0.29) is 0 Å². The minimum absolute atomic E-state index is 0.344. The molecule has 3 nitrogen and oxygen atoms in total. The first-order valence-corrected chi connectivity index (χ1v) is 5.60. The third-order valence-electron chi connectivity index (χ3n) is 2.66. The maximum absolute atomic E-state index is 7.25. The Kier molecular flexibility index (Phi) is 1.41. The summed E-state index contributed by atoms with van der Waals surface area (Å²) in [6.07, 6.45) is 3.90. The van der Waals surface area contributed by atoms with Crippen LogP contribution in [-0.2, 0) is 0 Å². The Morgan fingerprint density at radius 2 is 2.47 bits per heavy atom. The van der Waals surface area contributed by atoms with Crippen LogP contribution in [0.15, 0.2) is 22.8 Å². The zero-order valence-corrected chi connectivity index (χ0v) is 9.49. The van der Waals surface area contributed by atoms with E-state index in [9.17, 15) is 0 Å². The summed E-state index contributed by atoms with van der Waals surface area (Å²) in [5.74, 6) is 0.344. The standard InChI is InChI=1S/C11H11BrN2O/c1-15-11-9(12)5-2-7-6-13-14(10(7)11)8-3-4-8/h2,5-6,8H,3-4H2,1H3/i1D3. The Morgan fingerprint density at radius 1 is 1.60 bits per heavy atom. The van der Waals surface area contributed by atoms with E-state index < -0.39 is 7.04 Å². The van der Waals surface area contributed by atoms with Crippen molar-refractivity contribution in [2.75, 3.05) is 7.04 Å². The molecule has 0 atom stereocenters. The minimum Gasteiger partial charge on any atom is -0.493 e. The number of rotatable bonds is 2. The molecule has 0 N–H and O–H groups in total. The van der Waals surface area contributed by atoms with E-state index in [2.05, 4.69) is 21.0 Å². The summed E-state index contributed by atoms with van der Waals surface area (Å²) in [5, 5.41) is 5.21. The lowest BCUT2D eigenvalue weighted by molar-refractivity contribution is 0.413. The van der Waals surface area contributed by atoms with Crippen LogP contribution >= 0.6 is 15.9 Å². The fourth-order valence-electron chi connectivity index (χ4n) is 1.78. The SMILES string of the molecule is [2H]C([2H])([2H])Oc1c(Br)ccc2cnn(C3CC3)c12. The van der Waals surface area contributed by atoms with Crippen molar-refractivity contribution >= 4 is 26.8 Å². The van der Waals surface area contributed by atoms with E-state index in [1.54, 1.807) is 12.3 Å². The monoisotopic (exact) mass is 269 g/mol. The Morgan fingerprint density at radius 3 is 3.20 bits per heavy atom. The highest BCUT2D eigenvalue weighted by Crippen LogP contribution is 2.41. The lowest BCUT2D eigenvalue weighted by atomic mass is 10.2. The molecule has 1 saturated carbocycles. The molecule has 78 valence electrons. The molecule has 0 amide bonds. The second-order valence-electron chi connectivity index (χ2n) is 3.74. The smallest absolute Gasteiger partial charge is 0.158 e. The second kappa shape index (κ2) is 3.23. The Labute approximate surface area is 100 Å². The summed E-state index contributed by atoms with van der Waals surface area (Å²) in [4.78, 5) is 0. The molecule has 3 rings (SSSR count). The Balaban J connectivity index is 2.19. The van der Waals surface area contributed by atoms with Crippen molar-refractivity contribution in [2.24, 2.45) is 0 Å². The maximum atomic E-state index is 7.25. The first kappa shape index (κ1) is 6.53. The number of benzene rings is 1. The van der Waals surface area contributed by atoms with Gasteiger partial charge in [0.05, 0.1) is 27.9 Å². The molecular weight excluding hydrogens is 256 g/mol. The minimum atomic E-state index is -2.46. The summed E-state index contributed by atoms with van der Waals surface area (Å²) >= 11 is 3.34. The molecule has 0 aliphatic heterocycles. The highest BCUT2D eigenvalue weighted by Gasteiger charge is 2.27. The number of ether oxygens (including phenoxy) is 1. The van der Waals surface area contributed by atoms with E-state index in [1.807, 2.05) is 10.7 Å². The van der Waals surface area contributed by atoms with Crippen molar-refractivity contribution < 1.29 is 8.85 Å². The average molecular weight is 270 g/mol. The molecular formula is C11H11BrN2O. The predicted octanol–water partition coefficient (Wildman–Crippen LogP) is 3.14. The third kappa shape index (κ3) is 1.35. The van der Waals surface area contributed by atoms with Crippen LogP contribution in [0.3, 0.4) is 0 Å². The van der Waals surface area contributed by atoms with Crippen LogP contribution < -0.4 is 4.74 Å². The van der Waals surface area contributed by atoms with Gasteiger partial charge in [-0.15, -0.1) is 0 Å². The molecule has 1 aliphatic carbocycles. The van der Waals surface area contributed by atoms with E-state index in [0.717, 1.165) is 23.7 Å². The quantitative estimate of drug-likeness (QED) is 0.838. The molecule has 0 unspecified atom stereocenters. The normalized spacial score (nSPS) is 19.7. The van der Waals surface area contributed by atoms with Crippen LogP contribution in [-0.4, -0.2) is 16.8 Å². The van der Waals surface area contributed by atoms with E-state index in [0.29, 0.717) is 16.3 Å². The highest BCUT2D eigenvalue weighted by molar-refractivity contribution is 9.10. The van der Waals surface area contributed by atoms with Gasteiger partial charge in [-0.3, -0.25) is 4.68 Å². The lowest BCUT2D eigenvalue weighted by Gasteiger charge is -2.07. The number of methoxy groups -OCH3 is 1. The third-order valence-corrected chi connectivity index (χ3v) is 3.28. The topological polar surface area (TPSA) is 27.1 Å². The van der Waals surface area contributed by atoms with Gasteiger partial charge in [0.25, 0.3) is 0 Å². The number of nitrogens with zero attached hydrogens (tertiary/aromatic N) is 2. The van der Waals surface area contributed by atoms with Gasteiger partial charge < -0.3 is 4.74 Å². The summed E-state index contributed by atoms with van der Waals surface area (Å²) in [6, 6.07) is 4.05. The van der Waals surface area contributed by atoms with Crippen LogP contribution in [0.25, 0.3) is 10.9 Å². The largest absolute Gasteiger partial charge is 0.493 e. The van der Waals surface area contributed by atoms with Crippen molar-refractivity contribution in [3.8, 4) is 5.75 Å². The van der Waals surface area contributed by atoms with Gasteiger partial charge in [0.2, 0.25) is 0 Å². The molecule has 1 fully saturated rings. The second-order valence-corrected chi connectivity index (χ2v) is 4.59. The lowest BCUT2D eigenvalue weighted by Crippen LogP contribution is -1.97. The van der Waals surface area contributed by atoms with Crippen LogP contribution in [0, 0.1) is 0 Å². The van der Waals surface area contributed by atoms with E-state index in [4.69, 9.17) is 8.85 Å². The summed E-state index contributed by atoms with van der Waals surface area (Å²) in [6.45, 7) is 0. The highest BCUT2D eigenvalue weighted by atomic mass is 79.9. The molecule has 2 aromatic rings. The van der Waals surface area contributed by atoms with Gasteiger partial charge in [-0.05, 0) is 40.9 Å². The molecule has 1 heterocycles. The first-order chi connectivity index (χ1) is 8.46. The molecule has 0 saturated heterocycles. The number of halogens is 1. The number of fused-ring (bicyclic) bond motifs is 1. The van der Waals surface area contributed by atoms with Crippen LogP contribution in [0.5, 0.6) is 5.75 Å². The van der Waals surface area contributed by atoms with Crippen LogP contribution in [0.2, 0.25) is 0 Å². The molecule has 1 aromatic carbocycles. The molecule has 15 heavy (non-hydrogen) atoms. The van der Waals surface area contributed by atoms with Gasteiger partial charge in [-0.25, -0.2) is 0 Å². The average Bonchev–Trinajstić information content (AvgIpc) is 3.01. The van der Waals surface area contributed by atoms with Gasteiger partial charge in [0, 0.05) is 5.39 Å². The molecule has 0 spiro atoms. The predicted molar refractivity (Wildman–Crippen MR) is 62.3 cm³/mol. The number of aromatic nitrogens is 2. The van der Waals surface area contributed by atoms with Gasteiger partial charge >= 0.3 is 0 Å². The van der Waals surface area contributed by atoms with Gasteiger partial charge in [0.15, 0.2) is 5.75 Å². The zero-order chi connectivity index (χ0) is 12.9. The van der Waals surface area contributed by atoms with E-state index >= 15 is 0 Å². The molecule has 0 radical (unpaired) electrons. The number of hydrogen-bond acceptors (Lipinski definition) is 2. The molecule has 1 aromatic heterocycles. The summed E-state index contributed by atoms with van der Waals surface area (Å²) in [5.41, 5.74) is 0.753. The maximum Gasteiger partial charge on any atom is 0.158 e. The van der Waals surface area contributed by atoms with Gasteiger partial charge in [-0.1, -0.05) is 0 Å². The van der Waals surface area contributed by atoms with Crippen molar-refractivity contribution in [3.63, 3.8) is 0 Å². The van der Waals surface area contributed by atoms with Crippen LogP contribution in [0.1, 0.15) is 23.0 Å². The van der Waals surface area contributed by atoms with Crippen molar-refractivity contribution in [2.45, 2.75) is 18.9 Å². The molecule has 1 aliphatic rings. The molecule has 4 heteroatoms. The summed E-state index contributed by atoms with van der Waals surface area (Å²) < 4.78 is 29.4. The Bertz CT molecular complexity index is 604. The Hall–Kier alpha value is -1.03. The van der Waals surface area contributed by atoms with Crippen molar-refractivity contribution in [1.82, 2.24) is 9.78 Å². The van der Waals surface area contributed by atoms with Crippen LogP contribution in [0.4, 0.5) is 0 Å².